The fourth-order valence-corrected chi connectivity index (χ4v) is 2.60. The van der Waals surface area contributed by atoms with Gasteiger partial charge in [-0.25, -0.2) is 0 Å². The molecule has 2 N–H and O–H groups in total. The van der Waals surface area contributed by atoms with Gasteiger partial charge in [-0.05, 0) is 36.7 Å². The number of nitrogens with zero attached hydrogens (tertiary/aromatic N) is 3. The van der Waals surface area contributed by atoms with Gasteiger partial charge in [-0.15, -0.1) is 0 Å². The number of rotatable bonds is 5. The molecule has 0 fully saturated rings. The third kappa shape index (κ3) is 3.58. The van der Waals surface area contributed by atoms with Crippen molar-refractivity contribution in [2.45, 2.75) is 13.0 Å². The molecule has 4 nitrogen and oxygen atoms in total. The molecule has 0 saturated carbocycles. The van der Waals surface area contributed by atoms with Gasteiger partial charge in [0.2, 0.25) is 0 Å². The lowest BCUT2D eigenvalue weighted by molar-refractivity contribution is 0.766. The van der Waals surface area contributed by atoms with E-state index in [1.165, 1.54) is 16.8 Å². The maximum atomic E-state index is 5.69. The van der Waals surface area contributed by atoms with E-state index in [0.29, 0.717) is 6.54 Å². The average molecular weight is 323 g/mol. The molecule has 0 aliphatic heterocycles. The molecule has 0 amide bonds. The highest BCUT2D eigenvalue weighted by Crippen LogP contribution is 2.25. The Balaban J connectivity index is 2.20. The standard InChI is InChI=1S/C14H19BrN4/c1-18(9-11-8-17-19(2)10-11)14-4-3-13(15)7-12(14)5-6-16/h3-4,7-8,10H,5-6,9,16H2,1-2H3. The van der Waals surface area contributed by atoms with Gasteiger partial charge in [0.15, 0.2) is 0 Å². The average Bonchev–Trinajstić information content (AvgIpc) is 2.75. The Hall–Kier alpha value is -1.33. The van der Waals surface area contributed by atoms with Crippen LogP contribution in [0.3, 0.4) is 0 Å². The van der Waals surface area contributed by atoms with E-state index >= 15 is 0 Å². The van der Waals surface area contributed by atoms with Gasteiger partial charge in [-0.1, -0.05) is 15.9 Å². The molecule has 0 saturated heterocycles. The highest BCUT2D eigenvalue weighted by Gasteiger charge is 2.09. The molecule has 1 heterocycles. The summed E-state index contributed by atoms with van der Waals surface area (Å²) in [7, 11) is 4.03. The van der Waals surface area contributed by atoms with Crippen LogP contribution >= 0.6 is 15.9 Å². The van der Waals surface area contributed by atoms with Crippen molar-refractivity contribution < 1.29 is 0 Å². The summed E-state index contributed by atoms with van der Waals surface area (Å²) in [5, 5.41) is 4.20. The van der Waals surface area contributed by atoms with E-state index in [1.54, 1.807) is 0 Å². The number of aromatic nitrogens is 2. The monoisotopic (exact) mass is 322 g/mol. The molecular formula is C14H19BrN4. The minimum absolute atomic E-state index is 0.657. The molecule has 1 aromatic heterocycles. The van der Waals surface area contributed by atoms with Crippen molar-refractivity contribution in [1.29, 1.82) is 0 Å². The first-order chi connectivity index (χ1) is 9.10. The molecule has 0 aliphatic rings. The first-order valence-corrected chi connectivity index (χ1v) is 7.06. The van der Waals surface area contributed by atoms with Crippen LogP contribution in [0.2, 0.25) is 0 Å². The fourth-order valence-electron chi connectivity index (χ4n) is 2.19. The molecule has 5 heteroatoms. The quantitative estimate of drug-likeness (QED) is 0.919. The van der Waals surface area contributed by atoms with Crippen molar-refractivity contribution >= 4 is 21.6 Å². The number of nitrogens with two attached hydrogens (primary N) is 1. The maximum Gasteiger partial charge on any atom is 0.0539 e. The Labute approximate surface area is 122 Å². The number of halogens is 1. The molecule has 0 spiro atoms. The third-order valence-corrected chi connectivity index (χ3v) is 3.54. The summed E-state index contributed by atoms with van der Waals surface area (Å²) in [4.78, 5) is 2.23. The van der Waals surface area contributed by atoms with Gasteiger partial charge < -0.3 is 10.6 Å². The van der Waals surface area contributed by atoms with E-state index in [9.17, 15) is 0 Å². The number of benzene rings is 1. The van der Waals surface area contributed by atoms with Crippen molar-refractivity contribution in [3.8, 4) is 0 Å². The summed E-state index contributed by atoms with van der Waals surface area (Å²) in [6, 6.07) is 6.34. The van der Waals surface area contributed by atoms with Crippen LogP contribution in [-0.4, -0.2) is 23.4 Å². The number of aryl methyl sites for hydroxylation is 1. The molecule has 19 heavy (non-hydrogen) atoms. The summed E-state index contributed by atoms with van der Waals surface area (Å²) in [6.45, 7) is 1.50. The summed E-state index contributed by atoms with van der Waals surface area (Å²) >= 11 is 3.51. The predicted molar refractivity (Wildman–Crippen MR) is 82.2 cm³/mol. The molecule has 0 aliphatic carbocycles. The van der Waals surface area contributed by atoms with Crippen LogP contribution in [0.25, 0.3) is 0 Å². The smallest absolute Gasteiger partial charge is 0.0539 e. The first-order valence-electron chi connectivity index (χ1n) is 6.27. The second kappa shape index (κ2) is 6.21. The van der Waals surface area contributed by atoms with E-state index in [0.717, 1.165) is 17.4 Å². The second-order valence-corrected chi connectivity index (χ2v) is 5.61. The minimum Gasteiger partial charge on any atom is -0.370 e. The van der Waals surface area contributed by atoms with Gasteiger partial charge in [0.05, 0.1) is 6.20 Å². The Morgan fingerprint density at radius 2 is 2.21 bits per heavy atom. The fraction of sp³-hybridized carbons (Fsp3) is 0.357. The lowest BCUT2D eigenvalue weighted by Gasteiger charge is -2.22. The molecule has 2 aromatic rings. The molecule has 2 rings (SSSR count). The largest absolute Gasteiger partial charge is 0.370 e. The van der Waals surface area contributed by atoms with E-state index < -0.39 is 0 Å². The van der Waals surface area contributed by atoms with Gasteiger partial charge in [0, 0.05) is 42.6 Å². The lowest BCUT2D eigenvalue weighted by atomic mass is 10.1. The van der Waals surface area contributed by atoms with E-state index in [2.05, 4.69) is 51.2 Å². The van der Waals surface area contributed by atoms with Gasteiger partial charge in [-0.3, -0.25) is 4.68 Å². The number of hydrogen-bond acceptors (Lipinski definition) is 3. The van der Waals surface area contributed by atoms with Crippen LogP contribution in [0.4, 0.5) is 5.69 Å². The zero-order valence-electron chi connectivity index (χ0n) is 11.3. The number of anilines is 1. The zero-order valence-corrected chi connectivity index (χ0v) is 12.9. The van der Waals surface area contributed by atoms with Crippen molar-refractivity contribution in [3.63, 3.8) is 0 Å². The van der Waals surface area contributed by atoms with Gasteiger partial charge in [-0.2, -0.15) is 5.10 Å². The first kappa shape index (κ1) is 14.1. The Morgan fingerprint density at radius 1 is 1.42 bits per heavy atom. The molecule has 0 radical (unpaired) electrons. The number of hydrogen-bond donors (Lipinski definition) is 1. The summed E-state index contributed by atoms with van der Waals surface area (Å²) in [5.41, 5.74) is 9.38. The highest BCUT2D eigenvalue weighted by molar-refractivity contribution is 9.10. The maximum absolute atomic E-state index is 5.69. The van der Waals surface area contributed by atoms with E-state index in [-0.39, 0.29) is 0 Å². The van der Waals surface area contributed by atoms with Crippen molar-refractivity contribution in [1.82, 2.24) is 9.78 Å². The van der Waals surface area contributed by atoms with Crippen LogP contribution in [0.1, 0.15) is 11.1 Å². The zero-order chi connectivity index (χ0) is 13.8. The summed E-state index contributed by atoms with van der Waals surface area (Å²) in [6.07, 6.45) is 4.82. The van der Waals surface area contributed by atoms with Crippen LogP contribution in [0.15, 0.2) is 35.1 Å². The van der Waals surface area contributed by atoms with Gasteiger partial charge >= 0.3 is 0 Å². The van der Waals surface area contributed by atoms with Crippen LogP contribution in [-0.2, 0) is 20.0 Å². The Kier molecular flexibility index (Phi) is 4.61. The molecule has 0 unspecified atom stereocenters. The Bertz CT molecular complexity index is 550. The molecule has 0 bridgehead atoms. The van der Waals surface area contributed by atoms with E-state index in [4.69, 9.17) is 5.73 Å². The predicted octanol–water partition coefficient (Wildman–Crippen LogP) is 2.32. The lowest BCUT2D eigenvalue weighted by Crippen LogP contribution is -2.18. The van der Waals surface area contributed by atoms with Crippen LogP contribution in [0.5, 0.6) is 0 Å². The SMILES string of the molecule is CN(Cc1cnn(C)c1)c1ccc(Br)cc1CCN. The van der Waals surface area contributed by atoms with Gasteiger partial charge in [0.25, 0.3) is 0 Å². The molecule has 1 aromatic carbocycles. The molecular weight excluding hydrogens is 304 g/mol. The molecule has 0 atom stereocenters. The summed E-state index contributed by atoms with van der Waals surface area (Å²) < 4.78 is 2.92. The highest BCUT2D eigenvalue weighted by atomic mass is 79.9. The van der Waals surface area contributed by atoms with Crippen molar-refractivity contribution in [2.24, 2.45) is 12.8 Å². The van der Waals surface area contributed by atoms with E-state index in [1.807, 2.05) is 24.1 Å². The van der Waals surface area contributed by atoms with Crippen molar-refractivity contribution in [2.75, 3.05) is 18.5 Å². The molecule has 102 valence electrons. The normalized spacial score (nSPS) is 10.7. The van der Waals surface area contributed by atoms with Crippen LogP contribution in [0, 0.1) is 0 Å². The minimum atomic E-state index is 0.657. The third-order valence-electron chi connectivity index (χ3n) is 3.04. The van der Waals surface area contributed by atoms with Crippen LogP contribution < -0.4 is 10.6 Å². The topological polar surface area (TPSA) is 47.1 Å². The summed E-state index contributed by atoms with van der Waals surface area (Å²) in [5.74, 6) is 0. The Morgan fingerprint density at radius 3 is 2.84 bits per heavy atom. The van der Waals surface area contributed by atoms with Crippen molar-refractivity contribution in [3.05, 3.63) is 46.2 Å². The van der Waals surface area contributed by atoms with Gasteiger partial charge in [0.1, 0.15) is 0 Å². The second-order valence-electron chi connectivity index (χ2n) is 4.69.